The summed E-state index contributed by atoms with van der Waals surface area (Å²) in [6.07, 6.45) is 1.91. The molecule has 1 heterocycles. The average molecular weight is 262 g/mol. The summed E-state index contributed by atoms with van der Waals surface area (Å²) in [4.78, 5) is 0. The second-order valence-electron chi connectivity index (χ2n) is 4.12. The van der Waals surface area contributed by atoms with E-state index in [9.17, 15) is 0 Å². The number of benzene rings is 1. The lowest BCUT2D eigenvalue weighted by atomic mass is 10.2. The molecule has 0 spiro atoms. The predicted octanol–water partition coefficient (Wildman–Crippen LogP) is 1.06. The molecule has 1 aromatic carbocycles. The van der Waals surface area contributed by atoms with Gasteiger partial charge >= 0.3 is 0 Å². The van der Waals surface area contributed by atoms with Crippen LogP contribution in [0.3, 0.4) is 0 Å². The molecule has 0 aliphatic carbocycles. The molecule has 2 aromatic rings. The lowest BCUT2D eigenvalue weighted by Crippen LogP contribution is -2.05. The molecule has 0 aliphatic heterocycles. The number of hydrogen-bond donors (Lipinski definition) is 1. The third-order valence-corrected chi connectivity index (χ3v) is 2.76. The first-order valence-corrected chi connectivity index (χ1v) is 6.01. The zero-order chi connectivity index (χ0) is 13.7. The maximum absolute atomic E-state index is 5.34. The predicted molar refractivity (Wildman–Crippen MR) is 71.4 cm³/mol. The van der Waals surface area contributed by atoms with Crippen LogP contribution in [0.15, 0.2) is 24.4 Å². The van der Waals surface area contributed by atoms with Crippen molar-refractivity contribution in [2.24, 2.45) is 0 Å². The van der Waals surface area contributed by atoms with E-state index in [4.69, 9.17) is 9.47 Å². The van der Waals surface area contributed by atoms with Gasteiger partial charge in [0, 0.05) is 12.1 Å². The number of methoxy groups -OCH3 is 2. The van der Waals surface area contributed by atoms with Crippen molar-refractivity contribution in [1.82, 2.24) is 20.3 Å². The number of hydrogen-bond acceptors (Lipinski definition) is 5. The molecule has 0 amide bonds. The van der Waals surface area contributed by atoms with Crippen LogP contribution in [0.25, 0.3) is 0 Å². The molecule has 6 nitrogen and oxygen atoms in total. The lowest BCUT2D eigenvalue weighted by molar-refractivity contribution is 0.396. The van der Waals surface area contributed by atoms with E-state index < -0.39 is 0 Å². The van der Waals surface area contributed by atoms with E-state index in [2.05, 4.69) is 15.6 Å². The van der Waals surface area contributed by atoms with Crippen molar-refractivity contribution in [3.05, 3.63) is 35.7 Å². The third-order valence-electron chi connectivity index (χ3n) is 2.76. The van der Waals surface area contributed by atoms with Crippen LogP contribution in [-0.2, 0) is 13.1 Å². The van der Waals surface area contributed by atoms with Gasteiger partial charge in [0.05, 0.1) is 32.7 Å². The van der Waals surface area contributed by atoms with Crippen LogP contribution in [0, 0.1) is 0 Å². The second-order valence-corrected chi connectivity index (χ2v) is 4.12. The Bertz CT molecular complexity index is 539. The van der Waals surface area contributed by atoms with Gasteiger partial charge in [-0.15, -0.1) is 5.10 Å². The van der Waals surface area contributed by atoms with Crippen LogP contribution in [0.4, 0.5) is 0 Å². The summed E-state index contributed by atoms with van der Waals surface area (Å²) in [5.74, 6) is 1.61. The first kappa shape index (κ1) is 13.4. The van der Waals surface area contributed by atoms with E-state index in [0.717, 1.165) is 22.8 Å². The minimum atomic E-state index is 0.594. The van der Waals surface area contributed by atoms with Gasteiger partial charge < -0.3 is 14.8 Å². The molecule has 0 fully saturated rings. The zero-order valence-electron chi connectivity index (χ0n) is 11.4. The van der Waals surface area contributed by atoms with E-state index in [1.807, 2.05) is 31.4 Å². The molecule has 0 unspecified atom stereocenters. The summed E-state index contributed by atoms with van der Waals surface area (Å²) >= 11 is 0. The molecular formula is C13H18N4O2. The van der Waals surface area contributed by atoms with Crippen molar-refractivity contribution in [1.29, 1.82) is 0 Å². The van der Waals surface area contributed by atoms with Gasteiger partial charge in [0.15, 0.2) is 0 Å². The largest absolute Gasteiger partial charge is 0.497 e. The normalized spacial score (nSPS) is 10.5. The van der Waals surface area contributed by atoms with Crippen molar-refractivity contribution in [3.8, 4) is 11.5 Å². The Kier molecular flexibility index (Phi) is 4.35. The molecule has 19 heavy (non-hydrogen) atoms. The lowest BCUT2D eigenvalue weighted by Gasteiger charge is -2.10. The van der Waals surface area contributed by atoms with E-state index in [1.165, 1.54) is 0 Å². The van der Waals surface area contributed by atoms with E-state index >= 15 is 0 Å². The standard InChI is InChI=1S/C13H18N4O2/c1-14-7-11-9-17(16-15-11)8-10-6-12(18-2)4-5-13(10)19-3/h4-6,9,14H,7-8H2,1-3H3. The van der Waals surface area contributed by atoms with Crippen LogP contribution >= 0.6 is 0 Å². The smallest absolute Gasteiger partial charge is 0.124 e. The van der Waals surface area contributed by atoms with Gasteiger partial charge in [0.2, 0.25) is 0 Å². The van der Waals surface area contributed by atoms with E-state index in [0.29, 0.717) is 13.1 Å². The molecule has 0 radical (unpaired) electrons. The van der Waals surface area contributed by atoms with Crippen molar-refractivity contribution in [3.63, 3.8) is 0 Å². The van der Waals surface area contributed by atoms with Gasteiger partial charge in [-0.3, -0.25) is 0 Å². The Morgan fingerprint density at radius 2 is 2.11 bits per heavy atom. The van der Waals surface area contributed by atoms with Crippen molar-refractivity contribution in [2.75, 3.05) is 21.3 Å². The Balaban J connectivity index is 2.20. The van der Waals surface area contributed by atoms with Crippen molar-refractivity contribution < 1.29 is 9.47 Å². The maximum Gasteiger partial charge on any atom is 0.124 e. The zero-order valence-corrected chi connectivity index (χ0v) is 11.4. The minimum Gasteiger partial charge on any atom is -0.497 e. The van der Waals surface area contributed by atoms with Crippen LogP contribution in [0.2, 0.25) is 0 Å². The third kappa shape index (κ3) is 3.23. The first-order chi connectivity index (χ1) is 9.26. The monoisotopic (exact) mass is 262 g/mol. The summed E-state index contributed by atoms with van der Waals surface area (Å²) in [6, 6.07) is 5.70. The fraction of sp³-hybridized carbons (Fsp3) is 0.385. The molecule has 0 atom stereocenters. The Hall–Kier alpha value is -2.08. The van der Waals surface area contributed by atoms with Gasteiger partial charge in [0.25, 0.3) is 0 Å². The van der Waals surface area contributed by atoms with E-state index in [1.54, 1.807) is 18.9 Å². The average Bonchev–Trinajstić information content (AvgIpc) is 2.86. The van der Waals surface area contributed by atoms with Crippen molar-refractivity contribution >= 4 is 0 Å². The maximum atomic E-state index is 5.34. The SMILES string of the molecule is CNCc1cn(Cc2cc(OC)ccc2OC)nn1. The Labute approximate surface area is 112 Å². The first-order valence-electron chi connectivity index (χ1n) is 6.01. The molecular weight excluding hydrogens is 244 g/mol. The highest BCUT2D eigenvalue weighted by Gasteiger charge is 2.07. The molecule has 0 saturated heterocycles. The minimum absolute atomic E-state index is 0.594. The van der Waals surface area contributed by atoms with Gasteiger partial charge in [-0.25, -0.2) is 4.68 Å². The summed E-state index contributed by atoms with van der Waals surface area (Å²) < 4.78 is 12.3. The highest BCUT2D eigenvalue weighted by Crippen LogP contribution is 2.24. The number of nitrogens with zero attached hydrogens (tertiary/aromatic N) is 3. The number of aromatic nitrogens is 3. The summed E-state index contributed by atoms with van der Waals surface area (Å²) in [5.41, 5.74) is 1.91. The number of rotatable bonds is 6. The van der Waals surface area contributed by atoms with Crippen LogP contribution < -0.4 is 14.8 Å². The Morgan fingerprint density at radius 3 is 2.79 bits per heavy atom. The molecule has 1 aromatic heterocycles. The number of nitrogens with one attached hydrogen (secondary N) is 1. The highest BCUT2D eigenvalue weighted by atomic mass is 16.5. The molecule has 1 N–H and O–H groups in total. The summed E-state index contributed by atoms with van der Waals surface area (Å²) in [5, 5.41) is 11.2. The van der Waals surface area contributed by atoms with Gasteiger partial charge in [-0.1, -0.05) is 5.21 Å². The van der Waals surface area contributed by atoms with Gasteiger partial charge in [-0.2, -0.15) is 0 Å². The Morgan fingerprint density at radius 1 is 1.26 bits per heavy atom. The molecule has 0 saturated carbocycles. The van der Waals surface area contributed by atoms with Crippen LogP contribution in [-0.4, -0.2) is 36.3 Å². The fourth-order valence-electron chi connectivity index (χ4n) is 1.86. The molecule has 2 rings (SSSR count). The molecule has 0 bridgehead atoms. The quantitative estimate of drug-likeness (QED) is 0.843. The summed E-state index contributed by atoms with van der Waals surface area (Å²) in [6.45, 7) is 1.30. The van der Waals surface area contributed by atoms with Crippen LogP contribution in [0.1, 0.15) is 11.3 Å². The van der Waals surface area contributed by atoms with Gasteiger partial charge in [-0.05, 0) is 25.2 Å². The second kappa shape index (κ2) is 6.19. The molecule has 0 aliphatic rings. The van der Waals surface area contributed by atoms with Crippen molar-refractivity contribution in [2.45, 2.75) is 13.1 Å². The fourth-order valence-corrected chi connectivity index (χ4v) is 1.86. The van der Waals surface area contributed by atoms with Crippen LogP contribution in [0.5, 0.6) is 11.5 Å². The van der Waals surface area contributed by atoms with Gasteiger partial charge in [0.1, 0.15) is 11.5 Å². The number of ether oxygens (including phenoxy) is 2. The molecule has 6 heteroatoms. The van der Waals surface area contributed by atoms with E-state index in [-0.39, 0.29) is 0 Å². The topological polar surface area (TPSA) is 61.2 Å². The highest BCUT2D eigenvalue weighted by molar-refractivity contribution is 5.40. The summed E-state index contributed by atoms with van der Waals surface area (Å²) in [7, 11) is 5.18. The molecule has 102 valence electrons.